The molecule has 14 heteroatoms. The molecule has 1 amide bonds. The van der Waals surface area contributed by atoms with Crippen molar-refractivity contribution in [2.24, 2.45) is 5.14 Å². The molecule has 3 N–H and O–H groups in total. The van der Waals surface area contributed by atoms with Crippen molar-refractivity contribution >= 4 is 39.6 Å². The van der Waals surface area contributed by atoms with Crippen molar-refractivity contribution in [3.63, 3.8) is 0 Å². The predicted octanol–water partition coefficient (Wildman–Crippen LogP) is 0.978. The van der Waals surface area contributed by atoms with Crippen LogP contribution in [0.25, 0.3) is 11.8 Å². The van der Waals surface area contributed by atoms with Crippen LogP contribution in [0.2, 0.25) is 5.02 Å². The fraction of sp³-hybridized carbons (Fsp3) is 0.346. The third-order valence-corrected chi connectivity index (χ3v) is 8.11. The molecule has 2 aromatic carbocycles. The molecule has 2 fully saturated rings. The van der Waals surface area contributed by atoms with Gasteiger partial charge in [0.15, 0.2) is 5.78 Å². The Hall–Kier alpha value is -3.49. The molecule has 3 heterocycles. The topological polar surface area (TPSA) is 156 Å². The minimum atomic E-state index is -3.82. The van der Waals surface area contributed by atoms with Crippen LogP contribution in [0.5, 0.6) is 0 Å². The molecule has 2 saturated heterocycles. The van der Waals surface area contributed by atoms with Crippen molar-refractivity contribution in [2.75, 3.05) is 19.6 Å². The van der Waals surface area contributed by atoms with E-state index in [4.69, 9.17) is 16.7 Å². The van der Waals surface area contributed by atoms with Gasteiger partial charge in [0, 0.05) is 54.8 Å². The maximum absolute atomic E-state index is 13.6. The molecule has 12 nitrogen and oxygen atoms in total. The number of nitrogens with two attached hydrogens (primary N) is 1. The van der Waals surface area contributed by atoms with Crippen LogP contribution in [-0.4, -0.2) is 87.9 Å². The lowest BCUT2D eigenvalue weighted by atomic mass is 10.0. The number of Topliss-reactive ketones (excluding diaryl/α,β-unsaturated/α-hetero) is 1. The third-order valence-electron chi connectivity index (χ3n) is 7.21. The Bertz CT molecular complexity index is 1500. The smallest absolute Gasteiger partial charge is 0.274 e. The number of hydrogen-bond acceptors (Lipinski definition) is 8. The number of aromatic nitrogens is 4. The Morgan fingerprint density at radius 2 is 1.95 bits per heavy atom. The number of amides is 1. The summed E-state index contributed by atoms with van der Waals surface area (Å²) in [5, 5.41) is 16.9. The maximum atomic E-state index is 13.6. The molecule has 210 valence electrons. The summed E-state index contributed by atoms with van der Waals surface area (Å²) in [6.07, 6.45) is 5.77. The van der Waals surface area contributed by atoms with Crippen LogP contribution in [0, 0.1) is 0 Å². The normalized spacial score (nSPS) is 21.9. The average Bonchev–Trinajstić information content (AvgIpc) is 3.68. The van der Waals surface area contributed by atoms with Crippen molar-refractivity contribution in [1.82, 2.24) is 34.7 Å². The molecule has 0 saturated carbocycles. The Morgan fingerprint density at radius 1 is 1.15 bits per heavy atom. The third kappa shape index (κ3) is 6.80. The number of rotatable bonds is 9. The highest BCUT2D eigenvalue weighted by atomic mass is 35.5. The SMILES string of the molecule is NS(=O)(=O)N[C@@H]1CCN([C@H]2C[C@@H](C(=O)Cc3ccccc3)N(C(=O)/C=C/c3cc(Cl)ccc3-n3cnnn3)C2)C1. The first-order chi connectivity index (χ1) is 19.2. The van der Waals surface area contributed by atoms with E-state index >= 15 is 0 Å². The quantitative estimate of drug-likeness (QED) is 0.352. The first-order valence-corrected chi connectivity index (χ1v) is 14.7. The first-order valence-electron chi connectivity index (χ1n) is 12.8. The number of tetrazole rings is 1. The summed E-state index contributed by atoms with van der Waals surface area (Å²) in [7, 11) is -3.82. The fourth-order valence-corrected chi connectivity index (χ4v) is 6.22. The number of ketones is 1. The van der Waals surface area contributed by atoms with Crippen LogP contribution in [0.3, 0.4) is 0 Å². The Balaban J connectivity index is 1.36. The Kier molecular flexibility index (Phi) is 8.38. The van der Waals surface area contributed by atoms with Crippen LogP contribution in [-0.2, 0) is 26.2 Å². The van der Waals surface area contributed by atoms with Gasteiger partial charge in [0.25, 0.3) is 10.2 Å². The summed E-state index contributed by atoms with van der Waals surface area (Å²) in [6, 6.07) is 13.5. The molecule has 0 unspecified atom stereocenters. The fourth-order valence-electron chi connectivity index (χ4n) is 5.39. The average molecular weight is 585 g/mol. The zero-order valence-corrected chi connectivity index (χ0v) is 23.1. The second-order valence-electron chi connectivity index (χ2n) is 9.96. The number of nitrogens with one attached hydrogen (secondary N) is 1. The second-order valence-corrected chi connectivity index (χ2v) is 11.7. The molecular formula is C26H29ClN8O4S. The molecule has 0 aliphatic carbocycles. The van der Waals surface area contributed by atoms with E-state index in [2.05, 4.69) is 25.1 Å². The van der Waals surface area contributed by atoms with E-state index in [0.29, 0.717) is 48.7 Å². The number of likely N-dealkylation sites (tertiary alicyclic amines) is 2. The van der Waals surface area contributed by atoms with E-state index in [1.807, 2.05) is 30.3 Å². The lowest BCUT2D eigenvalue weighted by Gasteiger charge is -2.24. The molecule has 0 spiro atoms. The summed E-state index contributed by atoms with van der Waals surface area (Å²) in [4.78, 5) is 30.8. The van der Waals surface area contributed by atoms with Crippen molar-refractivity contribution in [3.8, 4) is 5.69 Å². The highest BCUT2D eigenvalue weighted by molar-refractivity contribution is 7.87. The monoisotopic (exact) mass is 584 g/mol. The van der Waals surface area contributed by atoms with E-state index in [-0.39, 0.29) is 30.2 Å². The molecule has 40 heavy (non-hydrogen) atoms. The lowest BCUT2D eigenvalue weighted by molar-refractivity contribution is -0.133. The largest absolute Gasteiger partial charge is 0.327 e. The molecule has 5 rings (SSSR count). The van der Waals surface area contributed by atoms with Gasteiger partial charge in [0.1, 0.15) is 6.33 Å². The minimum Gasteiger partial charge on any atom is -0.327 e. The summed E-state index contributed by atoms with van der Waals surface area (Å²) in [5.74, 6) is -0.360. The van der Waals surface area contributed by atoms with Gasteiger partial charge in [-0.15, -0.1) is 5.10 Å². The van der Waals surface area contributed by atoms with E-state index in [0.717, 1.165) is 5.56 Å². The molecule has 2 aliphatic heterocycles. The maximum Gasteiger partial charge on any atom is 0.274 e. The van der Waals surface area contributed by atoms with Crippen molar-refractivity contribution in [3.05, 3.63) is 77.1 Å². The number of halogens is 1. The van der Waals surface area contributed by atoms with E-state index in [1.165, 1.54) is 17.1 Å². The van der Waals surface area contributed by atoms with Crippen molar-refractivity contribution < 1.29 is 18.0 Å². The molecule has 3 atom stereocenters. The molecule has 1 aromatic heterocycles. The molecule has 0 bridgehead atoms. The highest BCUT2D eigenvalue weighted by Crippen LogP contribution is 2.28. The molecule has 0 radical (unpaired) electrons. The number of benzene rings is 2. The number of hydrogen-bond donors (Lipinski definition) is 2. The van der Waals surface area contributed by atoms with Crippen LogP contribution >= 0.6 is 11.6 Å². The van der Waals surface area contributed by atoms with Crippen LogP contribution in [0.4, 0.5) is 0 Å². The number of carbonyl (C=O) groups is 2. The zero-order chi connectivity index (χ0) is 28.3. The van der Waals surface area contributed by atoms with Crippen molar-refractivity contribution in [1.29, 1.82) is 0 Å². The van der Waals surface area contributed by atoms with Gasteiger partial charge in [0.2, 0.25) is 5.91 Å². The molecule has 2 aliphatic rings. The van der Waals surface area contributed by atoms with Gasteiger partial charge in [-0.05, 0) is 53.1 Å². The van der Waals surface area contributed by atoms with Gasteiger partial charge in [-0.25, -0.2) is 5.14 Å². The van der Waals surface area contributed by atoms with Gasteiger partial charge in [-0.3, -0.25) is 14.5 Å². The zero-order valence-electron chi connectivity index (χ0n) is 21.5. The highest BCUT2D eigenvalue weighted by Gasteiger charge is 2.42. The van der Waals surface area contributed by atoms with Gasteiger partial charge in [-0.2, -0.15) is 17.8 Å². The van der Waals surface area contributed by atoms with E-state index in [1.54, 1.807) is 29.2 Å². The van der Waals surface area contributed by atoms with E-state index in [9.17, 15) is 18.0 Å². The Labute approximate surface area is 237 Å². The summed E-state index contributed by atoms with van der Waals surface area (Å²) in [5.41, 5.74) is 2.15. The van der Waals surface area contributed by atoms with Crippen molar-refractivity contribution in [2.45, 2.75) is 37.4 Å². The first kappa shape index (κ1) is 28.1. The number of nitrogens with zero attached hydrogens (tertiary/aromatic N) is 6. The number of carbonyl (C=O) groups excluding carboxylic acids is 2. The second kappa shape index (κ2) is 11.9. The summed E-state index contributed by atoms with van der Waals surface area (Å²) >= 11 is 6.22. The standard InChI is InChI=1S/C26H29ClN8O4S/c27-20-7-8-23(35-17-29-31-32-35)19(13-20)6-9-26(37)34-16-22(33-11-10-21(15-33)30-40(28,38)39)14-24(34)25(36)12-18-4-2-1-3-5-18/h1-9,13,17,21-22,24,30H,10-12,14-16H2,(H2,28,38,39)/b9-6+/t21-,22+,24+/m1/s1. The molecule has 3 aromatic rings. The Morgan fingerprint density at radius 3 is 2.67 bits per heavy atom. The van der Waals surface area contributed by atoms with Crippen LogP contribution in [0.15, 0.2) is 60.9 Å². The van der Waals surface area contributed by atoms with E-state index < -0.39 is 16.3 Å². The van der Waals surface area contributed by atoms with Crippen LogP contribution in [0.1, 0.15) is 24.0 Å². The van der Waals surface area contributed by atoms with Crippen LogP contribution < -0.4 is 9.86 Å². The summed E-state index contributed by atoms with van der Waals surface area (Å²) < 4.78 is 26.9. The molecular weight excluding hydrogens is 556 g/mol. The van der Waals surface area contributed by atoms with Gasteiger partial charge >= 0.3 is 0 Å². The van der Waals surface area contributed by atoms with Gasteiger partial charge in [0.05, 0.1) is 11.7 Å². The lowest BCUT2D eigenvalue weighted by Crippen LogP contribution is -2.43. The minimum absolute atomic E-state index is 0.0500. The predicted molar refractivity (Wildman–Crippen MR) is 148 cm³/mol. The summed E-state index contributed by atoms with van der Waals surface area (Å²) in [6.45, 7) is 1.43. The van der Waals surface area contributed by atoms with Gasteiger partial charge < -0.3 is 4.90 Å². The van der Waals surface area contributed by atoms with Gasteiger partial charge in [-0.1, -0.05) is 41.9 Å².